The van der Waals surface area contributed by atoms with Crippen LogP contribution in [0.1, 0.15) is 27.8 Å². The Morgan fingerprint density at radius 2 is 1.04 bits per heavy atom. The zero-order valence-electron chi connectivity index (χ0n) is 14.8. The first-order valence-corrected chi connectivity index (χ1v) is 9.14. The van der Waals surface area contributed by atoms with E-state index in [1.807, 2.05) is 0 Å². The number of aryl methyl sites for hydroxylation is 1. The number of hydrogen-bond acceptors (Lipinski definition) is 0. The summed E-state index contributed by atoms with van der Waals surface area (Å²) in [4.78, 5) is 0. The largest absolute Gasteiger partial charge is 0.0713 e. The highest BCUT2D eigenvalue weighted by Gasteiger charge is 2.45. The Morgan fingerprint density at radius 3 is 1.65 bits per heavy atom. The van der Waals surface area contributed by atoms with Crippen LogP contribution >= 0.6 is 0 Å². The zero-order chi connectivity index (χ0) is 17.6. The van der Waals surface area contributed by atoms with Gasteiger partial charge < -0.3 is 0 Å². The Bertz CT molecular complexity index is 1040. The molecule has 0 heteroatoms. The summed E-state index contributed by atoms with van der Waals surface area (Å²) < 4.78 is 0. The van der Waals surface area contributed by atoms with Gasteiger partial charge in [0.05, 0.1) is 5.41 Å². The van der Waals surface area contributed by atoms with Crippen molar-refractivity contribution in [2.75, 3.05) is 0 Å². The molecule has 0 aliphatic heterocycles. The summed E-state index contributed by atoms with van der Waals surface area (Å²) in [5.74, 6) is 0. The fourth-order valence-electron chi connectivity index (χ4n) is 4.59. The molecule has 0 N–H and O–H groups in total. The molecule has 0 fully saturated rings. The molecule has 0 unspecified atom stereocenters. The van der Waals surface area contributed by atoms with Gasteiger partial charge in [-0.3, -0.25) is 0 Å². The van der Waals surface area contributed by atoms with E-state index in [9.17, 15) is 0 Å². The molecule has 4 aromatic carbocycles. The normalized spacial score (nSPS) is 13.9. The Hall–Kier alpha value is -3.12. The standard InChI is InChI=1S/C26H20/c1-19-10-9-13-21(18-19)26(20-11-3-2-4-12-20)24-16-7-5-14-22(24)23-15-6-8-17-25(23)26/h2-18H,1H3. The van der Waals surface area contributed by atoms with E-state index >= 15 is 0 Å². The van der Waals surface area contributed by atoms with E-state index in [0.717, 1.165) is 0 Å². The fraction of sp³-hybridized carbons (Fsp3) is 0.0769. The molecule has 0 saturated heterocycles. The smallest absolute Gasteiger partial charge is 0.0622 e. The number of hydrogen-bond donors (Lipinski definition) is 0. The molecule has 5 rings (SSSR count). The van der Waals surface area contributed by atoms with E-state index in [1.165, 1.54) is 38.9 Å². The summed E-state index contributed by atoms with van der Waals surface area (Å²) in [5, 5.41) is 0. The van der Waals surface area contributed by atoms with Crippen molar-refractivity contribution in [1.29, 1.82) is 0 Å². The highest BCUT2D eigenvalue weighted by atomic mass is 14.5. The molecular formula is C26H20. The highest BCUT2D eigenvalue weighted by molar-refractivity contribution is 5.86. The molecule has 0 radical (unpaired) electrons. The van der Waals surface area contributed by atoms with Gasteiger partial charge >= 0.3 is 0 Å². The SMILES string of the molecule is Cc1cccc(C2(c3ccccc3)c3ccccc3-c3ccccc32)c1. The van der Waals surface area contributed by atoms with Crippen LogP contribution in [0.4, 0.5) is 0 Å². The van der Waals surface area contributed by atoms with Gasteiger partial charge in [-0.1, -0.05) is 109 Å². The molecular weight excluding hydrogens is 312 g/mol. The van der Waals surface area contributed by atoms with Crippen molar-refractivity contribution in [2.24, 2.45) is 0 Å². The summed E-state index contributed by atoms with van der Waals surface area (Å²) in [6.07, 6.45) is 0. The maximum absolute atomic E-state index is 2.34. The third-order valence-corrected chi connectivity index (χ3v) is 5.61. The molecule has 1 aliphatic carbocycles. The molecule has 0 saturated carbocycles. The summed E-state index contributed by atoms with van der Waals surface area (Å²) in [7, 11) is 0. The molecule has 0 nitrogen and oxygen atoms in total. The van der Waals surface area contributed by atoms with Gasteiger partial charge in [-0.15, -0.1) is 0 Å². The van der Waals surface area contributed by atoms with E-state index in [-0.39, 0.29) is 5.41 Å². The molecule has 0 atom stereocenters. The van der Waals surface area contributed by atoms with Gasteiger partial charge in [0.15, 0.2) is 0 Å². The van der Waals surface area contributed by atoms with Crippen LogP contribution in [-0.2, 0) is 5.41 Å². The van der Waals surface area contributed by atoms with E-state index in [2.05, 4.69) is 110 Å². The lowest BCUT2D eigenvalue weighted by Crippen LogP contribution is -2.28. The maximum Gasteiger partial charge on any atom is 0.0713 e. The van der Waals surface area contributed by atoms with Crippen LogP contribution in [0.2, 0.25) is 0 Å². The minimum atomic E-state index is -0.263. The summed E-state index contributed by atoms with van der Waals surface area (Å²) in [6.45, 7) is 2.18. The maximum atomic E-state index is 2.34. The van der Waals surface area contributed by atoms with Gasteiger partial charge in [-0.05, 0) is 40.3 Å². The highest BCUT2D eigenvalue weighted by Crippen LogP contribution is 2.55. The quantitative estimate of drug-likeness (QED) is 0.353. The lowest BCUT2D eigenvalue weighted by atomic mass is 9.67. The van der Waals surface area contributed by atoms with Crippen molar-refractivity contribution in [3.63, 3.8) is 0 Å². The predicted molar refractivity (Wildman–Crippen MR) is 108 cm³/mol. The second kappa shape index (κ2) is 5.71. The Morgan fingerprint density at radius 1 is 0.500 bits per heavy atom. The fourth-order valence-corrected chi connectivity index (χ4v) is 4.59. The number of benzene rings is 4. The molecule has 0 bridgehead atoms. The van der Waals surface area contributed by atoms with Crippen LogP contribution in [0, 0.1) is 6.92 Å². The first-order valence-electron chi connectivity index (χ1n) is 9.14. The van der Waals surface area contributed by atoms with Crippen molar-refractivity contribution in [3.8, 4) is 11.1 Å². The van der Waals surface area contributed by atoms with Crippen LogP contribution in [0.3, 0.4) is 0 Å². The number of rotatable bonds is 2. The lowest BCUT2D eigenvalue weighted by Gasteiger charge is -2.34. The topological polar surface area (TPSA) is 0 Å². The molecule has 4 aromatic rings. The van der Waals surface area contributed by atoms with Crippen LogP contribution in [0.25, 0.3) is 11.1 Å². The second-order valence-corrected chi connectivity index (χ2v) is 7.08. The van der Waals surface area contributed by atoms with Gasteiger partial charge in [0.25, 0.3) is 0 Å². The monoisotopic (exact) mass is 332 g/mol. The van der Waals surface area contributed by atoms with Crippen LogP contribution in [0.5, 0.6) is 0 Å². The molecule has 0 spiro atoms. The van der Waals surface area contributed by atoms with Crippen molar-refractivity contribution >= 4 is 0 Å². The molecule has 0 aromatic heterocycles. The average Bonchev–Trinajstić information content (AvgIpc) is 3.00. The van der Waals surface area contributed by atoms with Crippen molar-refractivity contribution < 1.29 is 0 Å². The van der Waals surface area contributed by atoms with E-state index in [4.69, 9.17) is 0 Å². The van der Waals surface area contributed by atoms with E-state index < -0.39 is 0 Å². The Labute approximate surface area is 154 Å². The summed E-state index contributed by atoms with van der Waals surface area (Å²) in [5.41, 5.74) is 9.11. The van der Waals surface area contributed by atoms with E-state index in [0.29, 0.717) is 0 Å². The first-order chi connectivity index (χ1) is 12.8. The lowest BCUT2D eigenvalue weighted by molar-refractivity contribution is 0.767. The first kappa shape index (κ1) is 15.2. The Balaban J connectivity index is 1.98. The summed E-state index contributed by atoms with van der Waals surface area (Å²) in [6, 6.07) is 37.6. The molecule has 26 heavy (non-hydrogen) atoms. The third kappa shape index (κ3) is 1.96. The van der Waals surface area contributed by atoms with Crippen molar-refractivity contribution in [2.45, 2.75) is 12.3 Å². The minimum Gasteiger partial charge on any atom is -0.0622 e. The molecule has 1 aliphatic rings. The van der Waals surface area contributed by atoms with Gasteiger partial charge in [0.1, 0.15) is 0 Å². The summed E-state index contributed by atoms with van der Waals surface area (Å²) >= 11 is 0. The predicted octanol–water partition coefficient (Wildman–Crippen LogP) is 6.36. The molecule has 0 amide bonds. The van der Waals surface area contributed by atoms with Crippen LogP contribution in [-0.4, -0.2) is 0 Å². The van der Waals surface area contributed by atoms with Gasteiger partial charge in [-0.2, -0.15) is 0 Å². The second-order valence-electron chi connectivity index (χ2n) is 7.08. The van der Waals surface area contributed by atoms with Gasteiger partial charge in [-0.25, -0.2) is 0 Å². The van der Waals surface area contributed by atoms with Crippen LogP contribution in [0.15, 0.2) is 103 Å². The minimum absolute atomic E-state index is 0.263. The van der Waals surface area contributed by atoms with Crippen molar-refractivity contribution in [3.05, 3.63) is 131 Å². The average molecular weight is 332 g/mol. The van der Waals surface area contributed by atoms with Gasteiger partial charge in [0.2, 0.25) is 0 Å². The molecule has 0 heterocycles. The van der Waals surface area contributed by atoms with Crippen LogP contribution < -0.4 is 0 Å². The Kier molecular flexibility index (Phi) is 3.33. The van der Waals surface area contributed by atoms with E-state index in [1.54, 1.807) is 0 Å². The zero-order valence-corrected chi connectivity index (χ0v) is 14.8. The third-order valence-electron chi connectivity index (χ3n) is 5.61. The van der Waals surface area contributed by atoms with Crippen molar-refractivity contribution in [1.82, 2.24) is 0 Å². The molecule has 124 valence electrons. The van der Waals surface area contributed by atoms with Gasteiger partial charge in [0, 0.05) is 0 Å². The number of fused-ring (bicyclic) bond motifs is 3.